The number of nitrogens with two attached hydrogens (primary N) is 1. The van der Waals surface area contributed by atoms with Crippen LogP contribution in [-0.4, -0.2) is 37.6 Å². The van der Waals surface area contributed by atoms with Gasteiger partial charge in [-0.25, -0.2) is 0 Å². The van der Waals surface area contributed by atoms with Gasteiger partial charge >= 0.3 is 0 Å². The van der Waals surface area contributed by atoms with Crippen LogP contribution in [0.25, 0.3) is 0 Å². The summed E-state index contributed by atoms with van der Waals surface area (Å²) in [5.74, 6) is 1.34. The van der Waals surface area contributed by atoms with Gasteiger partial charge in [0.1, 0.15) is 5.75 Å². The van der Waals surface area contributed by atoms with Crippen molar-refractivity contribution >= 4 is 5.91 Å². The van der Waals surface area contributed by atoms with E-state index in [0.29, 0.717) is 32.0 Å². The van der Waals surface area contributed by atoms with Gasteiger partial charge in [-0.1, -0.05) is 31.5 Å². The molecule has 1 aromatic rings. The lowest BCUT2D eigenvalue weighted by Gasteiger charge is -2.20. The molecule has 1 atom stereocenters. The van der Waals surface area contributed by atoms with Gasteiger partial charge in [-0.3, -0.25) is 4.79 Å². The van der Waals surface area contributed by atoms with Gasteiger partial charge in [0.25, 0.3) is 0 Å². The van der Waals surface area contributed by atoms with Crippen molar-refractivity contribution < 1.29 is 9.53 Å². The largest absolute Gasteiger partial charge is 0.494 e. The standard InChI is InChI=1S/C16H26N2O2/c1-3-14(13-17)12-16(19)18(2)10-7-11-20-15-8-5-4-6-9-15/h4-6,8-9,14H,3,7,10-13,17H2,1-2H3. The highest BCUT2D eigenvalue weighted by atomic mass is 16.5. The zero-order valence-electron chi connectivity index (χ0n) is 12.5. The summed E-state index contributed by atoms with van der Waals surface area (Å²) in [4.78, 5) is 13.7. The minimum atomic E-state index is 0.169. The Labute approximate surface area is 121 Å². The minimum absolute atomic E-state index is 0.169. The number of nitrogens with zero attached hydrogens (tertiary/aromatic N) is 1. The number of benzene rings is 1. The summed E-state index contributed by atoms with van der Waals surface area (Å²) in [6.45, 7) is 3.98. The maximum atomic E-state index is 12.0. The Morgan fingerprint density at radius 3 is 2.65 bits per heavy atom. The summed E-state index contributed by atoms with van der Waals surface area (Å²) in [6, 6.07) is 9.72. The molecule has 1 aromatic carbocycles. The summed E-state index contributed by atoms with van der Waals surface area (Å²) < 4.78 is 5.60. The topological polar surface area (TPSA) is 55.6 Å². The van der Waals surface area contributed by atoms with Gasteiger partial charge in [-0.15, -0.1) is 0 Å². The second-order valence-corrected chi connectivity index (χ2v) is 5.04. The Balaban J connectivity index is 2.19. The van der Waals surface area contributed by atoms with Crippen molar-refractivity contribution in [1.82, 2.24) is 4.90 Å². The second kappa shape index (κ2) is 9.37. The van der Waals surface area contributed by atoms with Crippen molar-refractivity contribution in [3.63, 3.8) is 0 Å². The molecule has 0 aliphatic heterocycles. The van der Waals surface area contributed by atoms with Gasteiger partial charge in [-0.2, -0.15) is 0 Å². The number of amides is 1. The fraction of sp³-hybridized carbons (Fsp3) is 0.562. The number of carbonyl (C=O) groups excluding carboxylic acids is 1. The highest BCUT2D eigenvalue weighted by Gasteiger charge is 2.14. The first-order chi connectivity index (χ1) is 9.67. The van der Waals surface area contributed by atoms with E-state index in [9.17, 15) is 4.79 Å². The lowest BCUT2D eigenvalue weighted by Crippen LogP contribution is -2.31. The van der Waals surface area contributed by atoms with Gasteiger partial charge in [0, 0.05) is 20.0 Å². The van der Waals surface area contributed by atoms with Crippen molar-refractivity contribution in [2.75, 3.05) is 26.7 Å². The monoisotopic (exact) mass is 278 g/mol. The number of carbonyl (C=O) groups is 1. The molecule has 0 aliphatic rings. The maximum absolute atomic E-state index is 12.0. The maximum Gasteiger partial charge on any atom is 0.222 e. The smallest absolute Gasteiger partial charge is 0.222 e. The van der Waals surface area contributed by atoms with Crippen LogP contribution in [0.3, 0.4) is 0 Å². The second-order valence-electron chi connectivity index (χ2n) is 5.04. The molecule has 0 bridgehead atoms. The molecule has 4 heteroatoms. The van der Waals surface area contributed by atoms with Crippen LogP contribution in [0, 0.1) is 5.92 Å². The molecule has 20 heavy (non-hydrogen) atoms. The van der Waals surface area contributed by atoms with Gasteiger partial charge in [0.2, 0.25) is 5.91 Å². The quantitative estimate of drug-likeness (QED) is 0.705. The number of ether oxygens (including phenoxy) is 1. The molecule has 112 valence electrons. The summed E-state index contributed by atoms with van der Waals surface area (Å²) in [7, 11) is 1.84. The van der Waals surface area contributed by atoms with Gasteiger partial charge in [0.15, 0.2) is 0 Å². The van der Waals surface area contributed by atoms with E-state index >= 15 is 0 Å². The van der Waals surface area contributed by atoms with Crippen molar-refractivity contribution in [1.29, 1.82) is 0 Å². The van der Waals surface area contributed by atoms with Crippen LogP contribution in [0.15, 0.2) is 30.3 Å². The van der Waals surface area contributed by atoms with Crippen LogP contribution < -0.4 is 10.5 Å². The summed E-state index contributed by atoms with van der Waals surface area (Å²) in [5.41, 5.74) is 5.63. The molecule has 0 radical (unpaired) electrons. The molecule has 1 unspecified atom stereocenters. The molecule has 0 heterocycles. The van der Waals surface area contributed by atoms with Crippen molar-refractivity contribution in [3.8, 4) is 5.75 Å². The van der Waals surface area contributed by atoms with Gasteiger partial charge < -0.3 is 15.4 Å². The molecule has 0 saturated heterocycles. The van der Waals surface area contributed by atoms with Crippen LogP contribution in [0.5, 0.6) is 5.75 Å². The Kier molecular flexibility index (Phi) is 7.73. The molecule has 4 nitrogen and oxygen atoms in total. The molecule has 1 amide bonds. The van der Waals surface area contributed by atoms with E-state index in [0.717, 1.165) is 18.6 Å². The third kappa shape index (κ3) is 6.06. The molecule has 0 spiro atoms. The van der Waals surface area contributed by atoms with Crippen molar-refractivity contribution in [2.24, 2.45) is 11.7 Å². The number of rotatable bonds is 9. The molecule has 0 fully saturated rings. The van der Waals surface area contributed by atoms with E-state index < -0.39 is 0 Å². The lowest BCUT2D eigenvalue weighted by atomic mass is 10.0. The Morgan fingerprint density at radius 1 is 1.35 bits per heavy atom. The van der Waals surface area contributed by atoms with E-state index in [-0.39, 0.29) is 5.91 Å². The molecular weight excluding hydrogens is 252 g/mol. The van der Waals surface area contributed by atoms with Gasteiger partial charge in [0.05, 0.1) is 6.61 Å². The number of hydrogen-bond donors (Lipinski definition) is 1. The number of para-hydroxylation sites is 1. The molecule has 1 rings (SSSR count). The Hall–Kier alpha value is -1.55. The van der Waals surface area contributed by atoms with E-state index in [1.54, 1.807) is 4.90 Å². The van der Waals surface area contributed by atoms with Gasteiger partial charge in [-0.05, 0) is 31.0 Å². The minimum Gasteiger partial charge on any atom is -0.494 e. The Bertz CT molecular complexity index is 377. The fourth-order valence-electron chi connectivity index (χ4n) is 1.93. The van der Waals surface area contributed by atoms with Crippen molar-refractivity contribution in [3.05, 3.63) is 30.3 Å². The first-order valence-corrected chi connectivity index (χ1v) is 7.29. The molecule has 2 N–H and O–H groups in total. The van der Waals surface area contributed by atoms with Crippen LogP contribution in [0.1, 0.15) is 26.2 Å². The average Bonchev–Trinajstić information content (AvgIpc) is 2.49. The lowest BCUT2D eigenvalue weighted by molar-refractivity contribution is -0.131. The fourth-order valence-corrected chi connectivity index (χ4v) is 1.93. The van der Waals surface area contributed by atoms with Crippen LogP contribution in [0.4, 0.5) is 0 Å². The summed E-state index contributed by atoms with van der Waals surface area (Å²) >= 11 is 0. The molecular formula is C16H26N2O2. The molecule has 0 saturated carbocycles. The first-order valence-electron chi connectivity index (χ1n) is 7.29. The van der Waals surface area contributed by atoms with E-state index in [1.165, 1.54) is 0 Å². The van der Waals surface area contributed by atoms with Crippen molar-refractivity contribution in [2.45, 2.75) is 26.2 Å². The highest BCUT2D eigenvalue weighted by Crippen LogP contribution is 2.10. The summed E-state index contributed by atoms with van der Waals surface area (Å²) in [6.07, 6.45) is 2.33. The number of hydrogen-bond acceptors (Lipinski definition) is 3. The molecule has 0 aliphatic carbocycles. The predicted octanol–water partition coefficient (Wildman–Crippen LogP) is 2.29. The first kappa shape index (κ1) is 16.5. The van der Waals surface area contributed by atoms with E-state index in [2.05, 4.69) is 6.92 Å². The normalized spacial score (nSPS) is 11.9. The van der Waals surface area contributed by atoms with Crippen LogP contribution in [0.2, 0.25) is 0 Å². The summed E-state index contributed by atoms with van der Waals surface area (Å²) in [5, 5.41) is 0. The average molecular weight is 278 g/mol. The predicted molar refractivity (Wildman–Crippen MR) is 81.6 cm³/mol. The third-order valence-corrected chi connectivity index (χ3v) is 3.45. The Morgan fingerprint density at radius 2 is 2.05 bits per heavy atom. The zero-order chi connectivity index (χ0) is 14.8. The highest BCUT2D eigenvalue weighted by molar-refractivity contribution is 5.76. The van der Waals surface area contributed by atoms with E-state index in [1.807, 2.05) is 37.4 Å². The van der Waals surface area contributed by atoms with E-state index in [4.69, 9.17) is 10.5 Å². The zero-order valence-corrected chi connectivity index (χ0v) is 12.5. The SMILES string of the molecule is CCC(CN)CC(=O)N(C)CCCOc1ccccc1. The molecule has 0 aromatic heterocycles. The third-order valence-electron chi connectivity index (χ3n) is 3.45. The van der Waals surface area contributed by atoms with Crippen LogP contribution in [-0.2, 0) is 4.79 Å². The van der Waals surface area contributed by atoms with Crippen LogP contribution >= 0.6 is 0 Å².